The highest BCUT2D eigenvalue weighted by Crippen LogP contribution is 2.21. The highest BCUT2D eigenvalue weighted by Gasteiger charge is 2.14. The number of rotatable bonds is 5. The molecule has 1 amide bonds. The fourth-order valence-electron chi connectivity index (χ4n) is 2.18. The van der Waals surface area contributed by atoms with Gasteiger partial charge >= 0.3 is 0 Å². The second-order valence-electron chi connectivity index (χ2n) is 5.13. The molecule has 5 nitrogen and oxygen atoms in total. The number of amides is 1. The molecule has 0 radical (unpaired) electrons. The lowest BCUT2D eigenvalue weighted by molar-refractivity contribution is -0.127. The van der Waals surface area contributed by atoms with Gasteiger partial charge in [0.2, 0.25) is 0 Å². The van der Waals surface area contributed by atoms with E-state index in [0.717, 1.165) is 16.5 Å². The van der Waals surface area contributed by atoms with Crippen LogP contribution in [0.5, 0.6) is 5.75 Å². The summed E-state index contributed by atoms with van der Waals surface area (Å²) >= 11 is 0. The fraction of sp³-hybridized carbons (Fsp3) is 0.111. The van der Waals surface area contributed by atoms with Crippen molar-refractivity contribution in [2.45, 2.75) is 13.0 Å². The van der Waals surface area contributed by atoms with Crippen LogP contribution in [0.2, 0.25) is 0 Å². The van der Waals surface area contributed by atoms with Crippen molar-refractivity contribution in [3.63, 3.8) is 0 Å². The van der Waals surface area contributed by atoms with E-state index in [1.54, 1.807) is 19.3 Å². The quantitative estimate of drug-likeness (QED) is 0.562. The predicted octanol–water partition coefficient (Wildman–Crippen LogP) is 3.09. The molecule has 0 aliphatic heterocycles. The number of H-pyrrole nitrogens is 1. The zero-order valence-electron chi connectivity index (χ0n) is 12.7. The second-order valence-corrected chi connectivity index (χ2v) is 5.13. The van der Waals surface area contributed by atoms with Gasteiger partial charge in [-0.15, -0.1) is 0 Å². The molecule has 0 bridgehead atoms. The first-order chi connectivity index (χ1) is 11.2. The fourth-order valence-corrected chi connectivity index (χ4v) is 2.18. The summed E-state index contributed by atoms with van der Waals surface area (Å²) in [5, 5.41) is 6.09. The third kappa shape index (κ3) is 3.77. The van der Waals surface area contributed by atoms with Crippen LogP contribution in [-0.4, -0.2) is 23.2 Å². The van der Waals surface area contributed by atoms with Gasteiger partial charge in [-0.05, 0) is 42.0 Å². The zero-order valence-corrected chi connectivity index (χ0v) is 12.7. The van der Waals surface area contributed by atoms with E-state index in [4.69, 9.17) is 4.74 Å². The maximum Gasteiger partial charge on any atom is 0.280 e. The molecule has 1 atom stereocenters. The summed E-state index contributed by atoms with van der Waals surface area (Å²) in [6.07, 6.45) is 2.69. The number of benzene rings is 2. The van der Waals surface area contributed by atoms with Gasteiger partial charge in [0, 0.05) is 6.20 Å². The van der Waals surface area contributed by atoms with Crippen LogP contribution in [0, 0.1) is 0 Å². The number of aromatic nitrogens is 1. The molecule has 0 aliphatic carbocycles. The van der Waals surface area contributed by atoms with Crippen molar-refractivity contribution in [3.8, 4) is 5.75 Å². The average Bonchev–Trinajstić information content (AvgIpc) is 3.08. The highest BCUT2D eigenvalue weighted by molar-refractivity contribution is 5.85. The third-order valence-electron chi connectivity index (χ3n) is 3.40. The molecular formula is C18H17N3O2. The van der Waals surface area contributed by atoms with Crippen LogP contribution in [0.4, 0.5) is 0 Å². The first-order valence-electron chi connectivity index (χ1n) is 7.34. The van der Waals surface area contributed by atoms with Gasteiger partial charge in [0.15, 0.2) is 6.10 Å². The van der Waals surface area contributed by atoms with Gasteiger partial charge < -0.3 is 9.72 Å². The van der Waals surface area contributed by atoms with Crippen molar-refractivity contribution in [1.29, 1.82) is 0 Å². The Morgan fingerprint density at radius 1 is 1.17 bits per heavy atom. The molecule has 23 heavy (non-hydrogen) atoms. The summed E-state index contributed by atoms with van der Waals surface area (Å²) < 4.78 is 5.68. The normalized spacial score (nSPS) is 12.4. The van der Waals surface area contributed by atoms with Crippen molar-refractivity contribution >= 4 is 22.9 Å². The molecule has 3 aromatic rings. The zero-order chi connectivity index (χ0) is 16.1. The maximum absolute atomic E-state index is 12.0. The number of aromatic amines is 1. The number of hydrazone groups is 1. The topological polar surface area (TPSA) is 66.5 Å². The molecule has 2 N–H and O–H groups in total. The summed E-state index contributed by atoms with van der Waals surface area (Å²) in [5.74, 6) is 0.348. The number of fused-ring (bicyclic) bond motifs is 1. The Morgan fingerprint density at radius 2 is 2.00 bits per heavy atom. The van der Waals surface area contributed by atoms with Crippen LogP contribution < -0.4 is 10.2 Å². The molecule has 0 fully saturated rings. The summed E-state index contributed by atoms with van der Waals surface area (Å²) in [4.78, 5) is 14.9. The van der Waals surface area contributed by atoms with Gasteiger partial charge in [-0.25, -0.2) is 5.43 Å². The van der Waals surface area contributed by atoms with E-state index in [-0.39, 0.29) is 5.91 Å². The van der Waals surface area contributed by atoms with Gasteiger partial charge in [0.05, 0.1) is 11.9 Å². The van der Waals surface area contributed by atoms with Crippen molar-refractivity contribution in [2.24, 2.45) is 5.10 Å². The Labute approximate surface area is 134 Å². The summed E-state index contributed by atoms with van der Waals surface area (Å²) in [7, 11) is 0. The van der Waals surface area contributed by atoms with Gasteiger partial charge in [0.25, 0.3) is 5.91 Å². The van der Waals surface area contributed by atoms with Crippen molar-refractivity contribution in [2.75, 3.05) is 0 Å². The van der Waals surface area contributed by atoms with Gasteiger partial charge in [-0.2, -0.15) is 5.10 Å². The number of carbonyl (C=O) groups is 1. The first-order valence-corrected chi connectivity index (χ1v) is 7.34. The molecule has 116 valence electrons. The number of ether oxygens (including phenoxy) is 1. The highest BCUT2D eigenvalue weighted by atomic mass is 16.5. The smallest absolute Gasteiger partial charge is 0.280 e. The van der Waals surface area contributed by atoms with Crippen molar-refractivity contribution in [1.82, 2.24) is 10.4 Å². The Morgan fingerprint density at radius 3 is 2.78 bits per heavy atom. The average molecular weight is 307 g/mol. The number of hydrogen-bond acceptors (Lipinski definition) is 3. The van der Waals surface area contributed by atoms with Crippen LogP contribution in [0.25, 0.3) is 10.8 Å². The number of carbonyl (C=O) groups excluding carboxylic acids is 1. The first kappa shape index (κ1) is 14.8. The minimum atomic E-state index is -0.642. The summed E-state index contributed by atoms with van der Waals surface area (Å²) in [6.45, 7) is 1.69. The number of nitrogens with zero attached hydrogens (tertiary/aromatic N) is 1. The molecule has 0 saturated carbocycles. The standard InChI is InChI=1S/C18H17N3O2/c1-13(18(22)21-20-12-16-7-4-10-19-16)23-17-9-8-14-5-2-3-6-15(14)11-17/h2-13,19H,1H3,(H,21,22)/b20-12+/t13-/m0/s1. The van der Waals surface area contributed by atoms with Crippen LogP contribution in [0.15, 0.2) is 65.9 Å². The van der Waals surface area contributed by atoms with E-state index >= 15 is 0 Å². The van der Waals surface area contributed by atoms with E-state index in [0.29, 0.717) is 5.75 Å². The third-order valence-corrected chi connectivity index (χ3v) is 3.40. The number of nitrogens with one attached hydrogen (secondary N) is 2. The van der Waals surface area contributed by atoms with Gasteiger partial charge in [-0.1, -0.05) is 30.3 Å². The largest absolute Gasteiger partial charge is 0.481 e. The molecule has 2 aromatic carbocycles. The Bertz CT molecular complexity index is 825. The Balaban J connectivity index is 1.60. The van der Waals surface area contributed by atoms with Crippen LogP contribution >= 0.6 is 0 Å². The van der Waals surface area contributed by atoms with Crippen LogP contribution in [-0.2, 0) is 4.79 Å². The molecule has 0 unspecified atom stereocenters. The summed E-state index contributed by atoms with van der Waals surface area (Å²) in [5.41, 5.74) is 3.28. The SMILES string of the molecule is C[C@H](Oc1ccc2ccccc2c1)C(=O)N/N=C/c1ccc[nH]1. The molecule has 3 rings (SSSR count). The molecule has 0 spiro atoms. The number of hydrogen-bond donors (Lipinski definition) is 2. The van der Waals surface area contributed by atoms with E-state index in [1.165, 1.54) is 0 Å². The predicted molar refractivity (Wildman–Crippen MR) is 90.6 cm³/mol. The van der Waals surface area contributed by atoms with E-state index in [9.17, 15) is 4.79 Å². The maximum atomic E-state index is 12.0. The summed E-state index contributed by atoms with van der Waals surface area (Å²) in [6, 6.07) is 17.4. The second kappa shape index (κ2) is 6.79. The minimum absolute atomic E-state index is 0.305. The van der Waals surface area contributed by atoms with E-state index in [2.05, 4.69) is 15.5 Å². The van der Waals surface area contributed by atoms with Crippen molar-refractivity contribution < 1.29 is 9.53 Å². The van der Waals surface area contributed by atoms with Gasteiger partial charge in [-0.3, -0.25) is 4.79 Å². The molecule has 5 heteroatoms. The van der Waals surface area contributed by atoms with E-state index < -0.39 is 6.10 Å². The van der Waals surface area contributed by atoms with Crippen molar-refractivity contribution in [3.05, 3.63) is 66.5 Å². The molecule has 0 saturated heterocycles. The van der Waals surface area contributed by atoms with Crippen LogP contribution in [0.1, 0.15) is 12.6 Å². The molecule has 1 aromatic heterocycles. The Hall–Kier alpha value is -3.08. The van der Waals surface area contributed by atoms with Crippen LogP contribution in [0.3, 0.4) is 0 Å². The molecular weight excluding hydrogens is 290 g/mol. The lowest BCUT2D eigenvalue weighted by atomic mass is 10.1. The molecule has 0 aliphatic rings. The van der Waals surface area contributed by atoms with E-state index in [1.807, 2.05) is 54.6 Å². The Kier molecular flexibility index (Phi) is 4.38. The van der Waals surface area contributed by atoms with Gasteiger partial charge in [0.1, 0.15) is 5.75 Å². The monoisotopic (exact) mass is 307 g/mol. The molecule has 1 heterocycles. The lowest BCUT2D eigenvalue weighted by Gasteiger charge is -2.13. The minimum Gasteiger partial charge on any atom is -0.481 e. The lowest BCUT2D eigenvalue weighted by Crippen LogP contribution is -2.33.